The Balaban J connectivity index is 1.25. The van der Waals surface area contributed by atoms with Crippen molar-refractivity contribution in [2.75, 3.05) is 26.7 Å². The Hall–Kier alpha value is -1.92. The van der Waals surface area contributed by atoms with Crippen LogP contribution in [0.3, 0.4) is 0 Å². The zero-order chi connectivity index (χ0) is 19.0. The molecule has 7 nitrogen and oxygen atoms in total. The molecule has 7 heteroatoms. The van der Waals surface area contributed by atoms with E-state index in [0.717, 1.165) is 38.5 Å². The number of likely N-dealkylation sites (N-methyl/N-ethyl adjacent to an activating group) is 1. The van der Waals surface area contributed by atoms with Crippen molar-refractivity contribution in [2.45, 2.75) is 64.2 Å². The third kappa shape index (κ3) is 3.87. The van der Waals surface area contributed by atoms with Crippen molar-refractivity contribution in [1.82, 2.24) is 19.9 Å². The molecule has 0 spiro atoms. The molecule has 0 radical (unpaired) electrons. The maximum absolute atomic E-state index is 12.8. The third-order valence-electron chi connectivity index (χ3n) is 6.45. The van der Waals surface area contributed by atoms with E-state index in [0.29, 0.717) is 43.7 Å². The van der Waals surface area contributed by atoms with Crippen LogP contribution in [-0.2, 0) is 16.0 Å². The minimum absolute atomic E-state index is 0.146. The minimum Gasteiger partial charge on any atom is -0.345 e. The van der Waals surface area contributed by atoms with Gasteiger partial charge in [0.1, 0.15) is 0 Å². The number of amides is 2. The fraction of sp³-hybridized carbons (Fsp3) is 0.800. The summed E-state index contributed by atoms with van der Waals surface area (Å²) < 4.78 is 5.42. The number of likely N-dealkylation sites (tertiary alicyclic amines) is 1. The first-order chi connectivity index (χ1) is 13.0. The van der Waals surface area contributed by atoms with E-state index in [1.165, 1.54) is 6.42 Å². The van der Waals surface area contributed by atoms with Crippen LogP contribution in [0.4, 0.5) is 0 Å². The van der Waals surface area contributed by atoms with E-state index < -0.39 is 0 Å². The van der Waals surface area contributed by atoms with Crippen molar-refractivity contribution in [1.29, 1.82) is 0 Å². The third-order valence-corrected chi connectivity index (χ3v) is 6.45. The van der Waals surface area contributed by atoms with Crippen LogP contribution in [0.2, 0.25) is 0 Å². The van der Waals surface area contributed by atoms with Crippen LogP contribution in [0.25, 0.3) is 0 Å². The second-order valence-corrected chi connectivity index (χ2v) is 8.86. The Labute approximate surface area is 160 Å². The van der Waals surface area contributed by atoms with Crippen molar-refractivity contribution in [2.24, 2.45) is 11.3 Å². The van der Waals surface area contributed by atoms with Gasteiger partial charge in [-0.3, -0.25) is 9.59 Å². The maximum Gasteiger partial charge on any atom is 0.233 e. The average Bonchev–Trinajstić information content (AvgIpc) is 3.38. The Morgan fingerprint density at radius 1 is 1.22 bits per heavy atom. The minimum atomic E-state index is -0.179. The van der Waals surface area contributed by atoms with Crippen LogP contribution in [-0.4, -0.2) is 58.4 Å². The molecule has 0 unspecified atom stereocenters. The second kappa shape index (κ2) is 7.24. The van der Waals surface area contributed by atoms with Crippen LogP contribution < -0.4 is 0 Å². The number of nitrogens with zero attached hydrogens (tertiary/aromatic N) is 4. The van der Waals surface area contributed by atoms with Gasteiger partial charge in [0, 0.05) is 44.4 Å². The molecule has 0 aromatic carbocycles. The summed E-state index contributed by atoms with van der Waals surface area (Å²) in [6, 6.07) is 0. The van der Waals surface area contributed by atoms with Gasteiger partial charge in [0.05, 0.1) is 5.92 Å². The van der Waals surface area contributed by atoms with Crippen LogP contribution in [0.15, 0.2) is 4.52 Å². The van der Waals surface area contributed by atoms with Gasteiger partial charge >= 0.3 is 0 Å². The van der Waals surface area contributed by atoms with E-state index in [4.69, 9.17) is 4.52 Å². The summed E-state index contributed by atoms with van der Waals surface area (Å²) in [6.07, 6.45) is 8.21. The van der Waals surface area contributed by atoms with Crippen LogP contribution in [0.1, 0.15) is 69.5 Å². The quantitative estimate of drug-likeness (QED) is 0.764. The molecule has 1 aromatic heterocycles. The molecule has 148 valence electrons. The van der Waals surface area contributed by atoms with Crippen LogP contribution in [0.5, 0.6) is 0 Å². The summed E-state index contributed by atoms with van der Waals surface area (Å²) in [5, 5.41) is 4.06. The number of hydrogen-bond donors (Lipinski definition) is 0. The van der Waals surface area contributed by atoms with E-state index in [2.05, 4.69) is 17.1 Å². The Morgan fingerprint density at radius 2 is 1.93 bits per heavy atom. The highest BCUT2D eigenvalue weighted by Crippen LogP contribution is 2.40. The monoisotopic (exact) mass is 374 g/mol. The molecule has 1 aliphatic heterocycles. The second-order valence-electron chi connectivity index (χ2n) is 8.86. The number of aromatic nitrogens is 2. The lowest BCUT2D eigenvalue weighted by molar-refractivity contribution is -0.148. The number of carbonyl (C=O) groups excluding carboxylic acids is 2. The zero-order valence-corrected chi connectivity index (χ0v) is 16.4. The van der Waals surface area contributed by atoms with Crippen molar-refractivity contribution in [3.05, 3.63) is 11.7 Å². The molecule has 0 bridgehead atoms. The molecular weight excluding hydrogens is 344 g/mol. The largest absolute Gasteiger partial charge is 0.345 e. The molecule has 1 aromatic rings. The molecule has 3 fully saturated rings. The first-order valence-corrected chi connectivity index (χ1v) is 10.3. The highest BCUT2D eigenvalue weighted by atomic mass is 16.5. The maximum atomic E-state index is 12.8. The molecule has 3 aliphatic rings. The normalized spacial score (nSPS) is 22.4. The van der Waals surface area contributed by atoms with Gasteiger partial charge in [0.2, 0.25) is 17.7 Å². The SMILES string of the molecule is CN(CCc1noc(C2CN(C(=O)C3(C)CCCCC3)C2)n1)C(=O)C1CC1. The van der Waals surface area contributed by atoms with Crippen LogP contribution in [0, 0.1) is 11.3 Å². The number of rotatable bonds is 6. The number of hydrogen-bond acceptors (Lipinski definition) is 5. The van der Waals surface area contributed by atoms with Gasteiger partial charge in [-0.05, 0) is 25.7 Å². The predicted molar refractivity (Wildman–Crippen MR) is 98.9 cm³/mol. The van der Waals surface area contributed by atoms with E-state index in [1.54, 1.807) is 4.90 Å². The van der Waals surface area contributed by atoms with Crippen molar-refractivity contribution in [3.63, 3.8) is 0 Å². The van der Waals surface area contributed by atoms with E-state index in [9.17, 15) is 9.59 Å². The zero-order valence-electron chi connectivity index (χ0n) is 16.4. The molecule has 1 saturated heterocycles. The van der Waals surface area contributed by atoms with Crippen molar-refractivity contribution < 1.29 is 14.1 Å². The van der Waals surface area contributed by atoms with Gasteiger partial charge in [-0.2, -0.15) is 4.98 Å². The van der Waals surface area contributed by atoms with Crippen molar-refractivity contribution >= 4 is 11.8 Å². The van der Waals surface area contributed by atoms with Gasteiger partial charge in [-0.15, -0.1) is 0 Å². The summed E-state index contributed by atoms with van der Waals surface area (Å²) in [5.41, 5.74) is -0.179. The topological polar surface area (TPSA) is 79.5 Å². The summed E-state index contributed by atoms with van der Waals surface area (Å²) in [6.45, 7) is 4.08. The first kappa shape index (κ1) is 18.4. The Kier molecular flexibility index (Phi) is 4.95. The fourth-order valence-corrected chi connectivity index (χ4v) is 4.28. The Morgan fingerprint density at radius 3 is 2.59 bits per heavy atom. The van der Waals surface area contributed by atoms with Crippen molar-refractivity contribution in [3.8, 4) is 0 Å². The lowest BCUT2D eigenvalue weighted by Gasteiger charge is -2.44. The molecule has 0 atom stereocenters. The Bertz CT molecular complexity index is 700. The molecule has 27 heavy (non-hydrogen) atoms. The summed E-state index contributed by atoms with van der Waals surface area (Å²) in [4.78, 5) is 33.0. The fourth-order valence-electron chi connectivity index (χ4n) is 4.28. The van der Waals surface area contributed by atoms with E-state index in [1.807, 2.05) is 11.9 Å². The standard InChI is InChI=1S/C20H30N4O3/c1-20(9-4-3-5-10-20)19(26)24-12-15(13-24)17-21-16(22-27-17)8-11-23(2)18(25)14-6-7-14/h14-15H,3-13H2,1-2H3. The van der Waals surface area contributed by atoms with E-state index in [-0.39, 0.29) is 23.2 Å². The van der Waals surface area contributed by atoms with Gasteiger partial charge in [-0.25, -0.2) is 0 Å². The summed E-state index contributed by atoms with van der Waals surface area (Å²) in [5.74, 6) is 2.17. The highest BCUT2D eigenvalue weighted by Gasteiger charge is 2.43. The first-order valence-electron chi connectivity index (χ1n) is 10.3. The molecule has 2 amide bonds. The van der Waals surface area contributed by atoms with Gasteiger partial charge in [0.25, 0.3) is 0 Å². The predicted octanol–water partition coefficient (Wildman–Crippen LogP) is 2.38. The molecule has 4 rings (SSSR count). The molecule has 2 saturated carbocycles. The van der Waals surface area contributed by atoms with Gasteiger partial charge < -0.3 is 14.3 Å². The van der Waals surface area contributed by atoms with E-state index >= 15 is 0 Å². The molecule has 2 heterocycles. The van der Waals surface area contributed by atoms with Gasteiger partial charge in [0.15, 0.2) is 5.82 Å². The van der Waals surface area contributed by atoms with Crippen LogP contribution >= 0.6 is 0 Å². The molecular formula is C20H30N4O3. The summed E-state index contributed by atoms with van der Waals surface area (Å²) in [7, 11) is 1.84. The summed E-state index contributed by atoms with van der Waals surface area (Å²) >= 11 is 0. The number of carbonyl (C=O) groups is 2. The molecule has 0 N–H and O–H groups in total. The lowest BCUT2D eigenvalue weighted by atomic mass is 9.74. The lowest BCUT2D eigenvalue weighted by Crippen LogP contribution is -2.54. The van der Waals surface area contributed by atoms with Gasteiger partial charge in [-0.1, -0.05) is 31.3 Å². The molecule has 2 aliphatic carbocycles. The smallest absolute Gasteiger partial charge is 0.233 e. The average molecular weight is 374 g/mol. The highest BCUT2D eigenvalue weighted by molar-refractivity contribution is 5.83.